The Kier molecular flexibility index (Phi) is 4.38. The number of aliphatic imine (C=N–C) groups is 1. The Bertz CT molecular complexity index is 557. The smallest absolute Gasteiger partial charge is 0.303 e. The maximum absolute atomic E-state index is 11.6. The Hall–Kier alpha value is -1.09. The minimum absolute atomic E-state index is 0.0525. The standard InChI is InChI=1S/C11H16N2O5S2/c1-13-7-5-20(17,18)6-8(7)19-11(13)12-9(14)3-2-4-10(15)16/h7-8H,2-6H2,1H3,(H,15,16)/t7-,8+/m0/s1. The van der Waals surface area contributed by atoms with E-state index in [-0.39, 0.29) is 48.0 Å². The van der Waals surface area contributed by atoms with Gasteiger partial charge in [0, 0.05) is 25.1 Å². The Morgan fingerprint density at radius 1 is 1.40 bits per heavy atom. The van der Waals surface area contributed by atoms with Crippen LogP contribution in [-0.4, -0.2) is 65.3 Å². The van der Waals surface area contributed by atoms with Crippen LogP contribution in [0.2, 0.25) is 0 Å². The van der Waals surface area contributed by atoms with E-state index in [9.17, 15) is 18.0 Å². The molecule has 7 nitrogen and oxygen atoms in total. The van der Waals surface area contributed by atoms with Crippen molar-refractivity contribution in [3.8, 4) is 0 Å². The van der Waals surface area contributed by atoms with Crippen LogP contribution < -0.4 is 0 Å². The number of nitrogens with zero attached hydrogens (tertiary/aromatic N) is 2. The Morgan fingerprint density at radius 3 is 2.70 bits per heavy atom. The average Bonchev–Trinajstić information content (AvgIpc) is 2.74. The maximum atomic E-state index is 11.6. The molecule has 112 valence electrons. The molecule has 0 aliphatic carbocycles. The van der Waals surface area contributed by atoms with Gasteiger partial charge in [0.15, 0.2) is 15.0 Å². The number of fused-ring (bicyclic) bond motifs is 1. The molecule has 0 bridgehead atoms. The van der Waals surface area contributed by atoms with E-state index >= 15 is 0 Å². The van der Waals surface area contributed by atoms with E-state index in [1.54, 1.807) is 11.9 Å². The second-order valence-electron chi connectivity index (χ2n) is 4.95. The molecular weight excluding hydrogens is 304 g/mol. The predicted octanol–water partition coefficient (Wildman–Crippen LogP) is -0.0319. The van der Waals surface area contributed by atoms with Crippen molar-refractivity contribution in [2.75, 3.05) is 18.6 Å². The van der Waals surface area contributed by atoms with E-state index in [1.807, 2.05) is 0 Å². The van der Waals surface area contributed by atoms with Gasteiger partial charge in [-0.1, -0.05) is 11.8 Å². The molecule has 0 aromatic rings. The Morgan fingerprint density at radius 2 is 2.10 bits per heavy atom. The summed E-state index contributed by atoms with van der Waals surface area (Å²) in [5.74, 6) is -1.06. The minimum atomic E-state index is -2.98. The lowest BCUT2D eigenvalue weighted by atomic mass is 10.2. The number of amidine groups is 1. The van der Waals surface area contributed by atoms with Crippen LogP contribution in [0.1, 0.15) is 19.3 Å². The number of amides is 1. The zero-order valence-corrected chi connectivity index (χ0v) is 12.6. The van der Waals surface area contributed by atoms with E-state index in [4.69, 9.17) is 5.11 Å². The van der Waals surface area contributed by atoms with Crippen LogP contribution in [0, 0.1) is 0 Å². The first-order valence-corrected chi connectivity index (χ1v) is 8.92. The molecule has 0 unspecified atom stereocenters. The van der Waals surface area contributed by atoms with Crippen molar-refractivity contribution in [1.82, 2.24) is 4.90 Å². The van der Waals surface area contributed by atoms with Gasteiger partial charge in [0.25, 0.3) is 0 Å². The molecule has 0 aromatic heterocycles. The number of hydrogen-bond acceptors (Lipinski definition) is 5. The highest BCUT2D eigenvalue weighted by Gasteiger charge is 2.47. The Balaban J connectivity index is 1.93. The second-order valence-corrected chi connectivity index (χ2v) is 8.31. The molecule has 20 heavy (non-hydrogen) atoms. The number of rotatable bonds is 4. The van der Waals surface area contributed by atoms with Crippen molar-refractivity contribution in [1.29, 1.82) is 0 Å². The van der Waals surface area contributed by atoms with Gasteiger partial charge >= 0.3 is 5.97 Å². The molecule has 2 aliphatic heterocycles. The van der Waals surface area contributed by atoms with Gasteiger partial charge < -0.3 is 10.0 Å². The fourth-order valence-corrected chi connectivity index (χ4v) is 6.30. The fraction of sp³-hybridized carbons (Fsp3) is 0.727. The number of thioether (sulfide) groups is 1. The van der Waals surface area contributed by atoms with Gasteiger partial charge in [-0.15, -0.1) is 0 Å². The van der Waals surface area contributed by atoms with E-state index in [0.717, 1.165) is 0 Å². The molecule has 0 saturated carbocycles. The van der Waals surface area contributed by atoms with Crippen molar-refractivity contribution in [3.05, 3.63) is 0 Å². The molecule has 2 fully saturated rings. The lowest BCUT2D eigenvalue weighted by Crippen LogP contribution is -2.34. The fourth-order valence-electron chi connectivity index (χ4n) is 2.29. The van der Waals surface area contributed by atoms with Crippen molar-refractivity contribution in [2.45, 2.75) is 30.6 Å². The predicted molar refractivity (Wildman–Crippen MR) is 75.5 cm³/mol. The number of carbonyl (C=O) groups excluding carboxylic acids is 1. The van der Waals surface area contributed by atoms with Gasteiger partial charge in [0.05, 0.1) is 17.5 Å². The van der Waals surface area contributed by atoms with Gasteiger partial charge in [0.1, 0.15) is 0 Å². The largest absolute Gasteiger partial charge is 0.481 e. The number of aliphatic carboxylic acids is 1. The average molecular weight is 320 g/mol. The summed E-state index contributed by atoms with van der Waals surface area (Å²) in [6.45, 7) is 0. The van der Waals surface area contributed by atoms with Crippen LogP contribution in [0.15, 0.2) is 4.99 Å². The second kappa shape index (κ2) is 5.72. The van der Waals surface area contributed by atoms with Crippen molar-refractivity contribution in [3.63, 3.8) is 0 Å². The summed E-state index contributed by atoms with van der Waals surface area (Å²) < 4.78 is 23.0. The molecular formula is C11H16N2O5S2. The highest BCUT2D eigenvalue weighted by Crippen LogP contribution is 2.36. The van der Waals surface area contributed by atoms with Crippen LogP contribution in [0.3, 0.4) is 0 Å². The molecule has 0 aromatic carbocycles. The monoisotopic (exact) mass is 320 g/mol. The van der Waals surface area contributed by atoms with E-state index in [0.29, 0.717) is 5.17 Å². The summed E-state index contributed by atoms with van der Waals surface area (Å²) in [7, 11) is -1.24. The van der Waals surface area contributed by atoms with Crippen LogP contribution >= 0.6 is 11.8 Å². The number of carboxylic acids is 1. The zero-order chi connectivity index (χ0) is 14.9. The summed E-state index contributed by atoms with van der Waals surface area (Å²) >= 11 is 1.32. The quantitative estimate of drug-likeness (QED) is 0.775. The van der Waals surface area contributed by atoms with Crippen LogP contribution in [0.5, 0.6) is 0 Å². The summed E-state index contributed by atoms with van der Waals surface area (Å²) in [6.07, 6.45) is 0.307. The summed E-state index contributed by atoms with van der Waals surface area (Å²) in [6, 6.07) is -0.115. The lowest BCUT2D eigenvalue weighted by molar-refractivity contribution is -0.137. The first-order chi connectivity index (χ1) is 9.28. The first kappa shape index (κ1) is 15.3. The van der Waals surface area contributed by atoms with Gasteiger partial charge in [-0.25, -0.2) is 8.42 Å². The number of sulfone groups is 1. The van der Waals surface area contributed by atoms with Crippen LogP contribution in [-0.2, 0) is 19.4 Å². The third kappa shape index (κ3) is 3.51. The number of carboxylic acid groups (broad SMARTS) is 1. The van der Waals surface area contributed by atoms with Crippen LogP contribution in [0.4, 0.5) is 0 Å². The first-order valence-electron chi connectivity index (χ1n) is 6.22. The highest BCUT2D eigenvalue weighted by molar-refractivity contribution is 8.15. The normalized spacial score (nSPS) is 29.6. The van der Waals surface area contributed by atoms with E-state index in [1.165, 1.54) is 11.8 Å². The molecule has 2 saturated heterocycles. The summed E-state index contributed by atoms with van der Waals surface area (Å²) in [5, 5.41) is 8.97. The minimum Gasteiger partial charge on any atom is -0.481 e. The topological polar surface area (TPSA) is 104 Å². The SMILES string of the molecule is CN1C(=NC(=O)CCCC(=O)O)S[C@@H]2CS(=O)(=O)C[C@@H]21. The number of hydrogen-bond donors (Lipinski definition) is 1. The lowest BCUT2D eigenvalue weighted by Gasteiger charge is -2.17. The summed E-state index contributed by atoms with van der Waals surface area (Å²) in [4.78, 5) is 27.7. The number of carbonyl (C=O) groups is 2. The zero-order valence-electron chi connectivity index (χ0n) is 11.0. The summed E-state index contributed by atoms with van der Waals surface area (Å²) in [5.41, 5.74) is 0. The molecule has 2 aliphatic rings. The molecule has 2 rings (SSSR count). The molecule has 2 heterocycles. The molecule has 9 heteroatoms. The van der Waals surface area contributed by atoms with Gasteiger partial charge in [-0.2, -0.15) is 4.99 Å². The van der Waals surface area contributed by atoms with E-state index < -0.39 is 15.8 Å². The molecule has 1 N–H and O–H groups in total. The molecule has 1 amide bonds. The van der Waals surface area contributed by atoms with Crippen molar-refractivity contribution < 1.29 is 23.1 Å². The van der Waals surface area contributed by atoms with Gasteiger partial charge in [-0.05, 0) is 6.42 Å². The van der Waals surface area contributed by atoms with Gasteiger partial charge in [-0.3, -0.25) is 9.59 Å². The van der Waals surface area contributed by atoms with Gasteiger partial charge in [0.2, 0.25) is 5.91 Å². The van der Waals surface area contributed by atoms with E-state index in [2.05, 4.69) is 4.99 Å². The highest BCUT2D eigenvalue weighted by atomic mass is 32.2. The molecule has 2 atom stereocenters. The third-order valence-electron chi connectivity index (χ3n) is 3.33. The van der Waals surface area contributed by atoms with Crippen molar-refractivity contribution >= 4 is 38.6 Å². The van der Waals surface area contributed by atoms with Crippen molar-refractivity contribution in [2.24, 2.45) is 4.99 Å². The van der Waals surface area contributed by atoms with Crippen LogP contribution in [0.25, 0.3) is 0 Å². The Labute approximate surface area is 121 Å². The third-order valence-corrected chi connectivity index (χ3v) is 6.63. The maximum Gasteiger partial charge on any atom is 0.303 e. The molecule has 0 spiro atoms. The molecule has 0 radical (unpaired) electrons.